The van der Waals surface area contributed by atoms with Crippen LogP contribution in [-0.2, 0) is 17.6 Å². The Morgan fingerprint density at radius 3 is 2.66 bits per heavy atom. The molecule has 32 heavy (non-hydrogen) atoms. The van der Waals surface area contributed by atoms with Crippen LogP contribution in [0.15, 0.2) is 58.7 Å². The molecule has 1 aliphatic rings. The maximum absolute atomic E-state index is 13.7. The number of aromatic nitrogens is 4. The first-order valence-electron chi connectivity index (χ1n) is 10.5. The molecule has 0 saturated heterocycles. The summed E-state index contributed by atoms with van der Waals surface area (Å²) in [5.74, 6) is 0.000347. The molecule has 1 atom stereocenters. The van der Waals surface area contributed by atoms with Gasteiger partial charge in [-0.05, 0) is 56.4 Å². The van der Waals surface area contributed by atoms with Crippen molar-refractivity contribution in [3.8, 4) is 5.69 Å². The number of nitrogens with one attached hydrogen (secondary N) is 1. The molecule has 1 amide bonds. The van der Waals surface area contributed by atoms with E-state index < -0.39 is 5.25 Å². The zero-order valence-corrected chi connectivity index (χ0v) is 19.1. The van der Waals surface area contributed by atoms with Crippen molar-refractivity contribution >= 4 is 45.2 Å². The van der Waals surface area contributed by atoms with Gasteiger partial charge in [0.2, 0.25) is 11.9 Å². The number of hydrogen-bond donors (Lipinski definition) is 1. The van der Waals surface area contributed by atoms with Crippen LogP contribution in [0.4, 0.5) is 5.95 Å². The Morgan fingerprint density at radius 1 is 1.12 bits per heavy atom. The second-order valence-electron chi connectivity index (χ2n) is 7.58. The number of amides is 1. The number of hydrogen-bond acceptors (Lipinski definition) is 7. The quantitative estimate of drug-likeness (QED) is 0.352. The number of aryl methyl sites for hydroxylation is 2. The minimum Gasteiger partial charge on any atom is -0.294 e. The van der Waals surface area contributed by atoms with Crippen LogP contribution in [0.5, 0.6) is 0 Å². The van der Waals surface area contributed by atoms with Gasteiger partial charge in [-0.1, -0.05) is 30.0 Å². The van der Waals surface area contributed by atoms with Crippen LogP contribution in [-0.4, -0.2) is 30.7 Å². The van der Waals surface area contributed by atoms with Gasteiger partial charge in [-0.15, -0.1) is 11.3 Å². The number of fused-ring (bicyclic) bond motifs is 3. The van der Waals surface area contributed by atoms with Crippen molar-refractivity contribution in [3.63, 3.8) is 0 Å². The standard InChI is InChI=1S/C23H21N5O2S2/c1-14(19(29)26-22-24-12-7-13-25-22)31-23-27-20-18(16-10-5-6-11-17(16)32-20)21(30)28(23)15-8-3-2-4-9-15/h2-4,7-9,12-14H,5-6,10-11H2,1H3,(H,24,25,26,29). The molecular weight excluding hydrogens is 442 g/mol. The smallest absolute Gasteiger partial charge is 0.267 e. The Morgan fingerprint density at radius 2 is 1.88 bits per heavy atom. The van der Waals surface area contributed by atoms with Crippen LogP contribution in [0.1, 0.15) is 30.2 Å². The van der Waals surface area contributed by atoms with Gasteiger partial charge < -0.3 is 0 Å². The highest BCUT2D eigenvalue weighted by Gasteiger charge is 2.25. The van der Waals surface area contributed by atoms with E-state index in [1.807, 2.05) is 30.3 Å². The van der Waals surface area contributed by atoms with Gasteiger partial charge in [0.05, 0.1) is 16.3 Å². The Kier molecular flexibility index (Phi) is 5.75. The molecule has 162 valence electrons. The highest BCUT2D eigenvalue weighted by Crippen LogP contribution is 2.35. The van der Waals surface area contributed by atoms with Crippen molar-refractivity contribution in [1.29, 1.82) is 0 Å². The first-order chi connectivity index (χ1) is 15.6. The lowest BCUT2D eigenvalue weighted by Gasteiger charge is -2.16. The summed E-state index contributed by atoms with van der Waals surface area (Å²) in [5.41, 5.74) is 1.83. The third kappa shape index (κ3) is 3.93. The molecule has 3 heterocycles. The van der Waals surface area contributed by atoms with Crippen LogP contribution in [0.3, 0.4) is 0 Å². The fourth-order valence-corrected chi connectivity index (χ4v) is 6.09. The topological polar surface area (TPSA) is 89.8 Å². The van der Waals surface area contributed by atoms with E-state index >= 15 is 0 Å². The summed E-state index contributed by atoms with van der Waals surface area (Å²) in [6.45, 7) is 1.79. The molecule has 5 rings (SSSR count). The fourth-order valence-electron chi connectivity index (χ4n) is 3.86. The van der Waals surface area contributed by atoms with Gasteiger partial charge >= 0.3 is 0 Å². The van der Waals surface area contributed by atoms with E-state index in [4.69, 9.17) is 4.98 Å². The molecule has 1 unspecified atom stereocenters. The SMILES string of the molecule is CC(Sc1nc2sc3c(c2c(=O)n1-c1ccccc1)CCCC3)C(=O)Nc1ncccn1. The molecule has 0 saturated carbocycles. The molecule has 0 fully saturated rings. The van der Waals surface area contributed by atoms with Crippen molar-refractivity contribution in [1.82, 2.24) is 19.5 Å². The zero-order chi connectivity index (χ0) is 22.1. The third-order valence-electron chi connectivity index (χ3n) is 5.42. The Bertz CT molecular complexity index is 1340. The molecule has 7 nitrogen and oxygen atoms in total. The Hall–Kier alpha value is -3.04. The summed E-state index contributed by atoms with van der Waals surface area (Å²) in [7, 11) is 0. The molecule has 0 bridgehead atoms. The van der Waals surface area contributed by atoms with Gasteiger partial charge in [0.25, 0.3) is 5.56 Å². The van der Waals surface area contributed by atoms with E-state index in [1.165, 1.54) is 16.6 Å². The number of rotatable bonds is 5. The van der Waals surface area contributed by atoms with Gasteiger partial charge in [0.1, 0.15) is 4.83 Å². The van der Waals surface area contributed by atoms with E-state index in [2.05, 4.69) is 15.3 Å². The number of carbonyl (C=O) groups excluding carboxylic acids is 1. The maximum Gasteiger partial charge on any atom is 0.267 e. The summed E-state index contributed by atoms with van der Waals surface area (Å²) in [6, 6.07) is 11.2. The molecule has 1 N–H and O–H groups in total. The predicted octanol–water partition coefficient (Wildman–Crippen LogP) is 4.24. The lowest BCUT2D eigenvalue weighted by atomic mass is 9.97. The average Bonchev–Trinajstić information content (AvgIpc) is 3.19. The molecule has 3 aromatic heterocycles. The largest absolute Gasteiger partial charge is 0.294 e. The number of nitrogens with zero attached hydrogens (tertiary/aromatic N) is 4. The monoisotopic (exact) mass is 463 g/mol. The number of carbonyl (C=O) groups is 1. The molecule has 4 aromatic rings. The summed E-state index contributed by atoms with van der Waals surface area (Å²) in [4.78, 5) is 41.5. The van der Waals surface area contributed by atoms with Crippen molar-refractivity contribution in [2.75, 3.05) is 5.32 Å². The summed E-state index contributed by atoms with van der Waals surface area (Å²) >= 11 is 2.87. The molecule has 0 radical (unpaired) electrons. The zero-order valence-electron chi connectivity index (χ0n) is 17.4. The lowest BCUT2D eigenvalue weighted by Crippen LogP contribution is -2.27. The van der Waals surface area contributed by atoms with E-state index in [0.29, 0.717) is 5.16 Å². The van der Waals surface area contributed by atoms with Gasteiger partial charge in [-0.3, -0.25) is 19.5 Å². The molecule has 1 aliphatic carbocycles. The summed E-state index contributed by atoms with van der Waals surface area (Å²) < 4.78 is 1.64. The average molecular weight is 464 g/mol. The molecular formula is C23H21N5O2S2. The van der Waals surface area contributed by atoms with Crippen molar-refractivity contribution in [2.24, 2.45) is 0 Å². The first kappa shape index (κ1) is 20.8. The van der Waals surface area contributed by atoms with Crippen LogP contribution in [0, 0.1) is 0 Å². The number of thiophene rings is 1. The lowest BCUT2D eigenvalue weighted by molar-refractivity contribution is -0.115. The van der Waals surface area contributed by atoms with Crippen LogP contribution >= 0.6 is 23.1 Å². The van der Waals surface area contributed by atoms with Crippen LogP contribution in [0.25, 0.3) is 15.9 Å². The van der Waals surface area contributed by atoms with Crippen molar-refractivity contribution in [3.05, 3.63) is 69.6 Å². The van der Waals surface area contributed by atoms with E-state index in [-0.39, 0.29) is 17.4 Å². The van der Waals surface area contributed by atoms with E-state index in [0.717, 1.165) is 47.2 Å². The van der Waals surface area contributed by atoms with Gasteiger partial charge in [0.15, 0.2) is 5.16 Å². The number of anilines is 1. The van der Waals surface area contributed by atoms with E-state index in [1.54, 1.807) is 41.3 Å². The third-order valence-corrected chi connectivity index (χ3v) is 7.66. The minimum atomic E-state index is -0.507. The maximum atomic E-state index is 13.7. The number of para-hydroxylation sites is 1. The second kappa shape index (κ2) is 8.84. The fraction of sp³-hybridized carbons (Fsp3) is 0.261. The molecule has 1 aromatic carbocycles. The molecule has 9 heteroatoms. The van der Waals surface area contributed by atoms with Crippen LogP contribution < -0.4 is 10.9 Å². The van der Waals surface area contributed by atoms with E-state index in [9.17, 15) is 9.59 Å². The number of benzene rings is 1. The van der Waals surface area contributed by atoms with Gasteiger partial charge in [0, 0.05) is 17.3 Å². The van der Waals surface area contributed by atoms with Gasteiger partial charge in [-0.25, -0.2) is 15.0 Å². The summed E-state index contributed by atoms with van der Waals surface area (Å²) in [5, 5.41) is 3.44. The predicted molar refractivity (Wildman–Crippen MR) is 128 cm³/mol. The van der Waals surface area contributed by atoms with Crippen LogP contribution in [0.2, 0.25) is 0 Å². The first-order valence-corrected chi connectivity index (χ1v) is 12.2. The summed E-state index contributed by atoms with van der Waals surface area (Å²) in [6.07, 6.45) is 7.30. The Labute approximate surface area is 193 Å². The molecule has 0 aliphatic heterocycles. The highest BCUT2D eigenvalue weighted by atomic mass is 32.2. The second-order valence-corrected chi connectivity index (χ2v) is 9.97. The minimum absolute atomic E-state index is 0.0675. The van der Waals surface area contributed by atoms with Gasteiger partial charge in [-0.2, -0.15) is 0 Å². The molecule has 0 spiro atoms. The van der Waals surface area contributed by atoms with Crippen molar-refractivity contribution < 1.29 is 4.79 Å². The Balaban J connectivity index is 1.57. The normalized spacial score (nSPS) is 14.2. The van der Waals surface area contributed by atoms with Crippen molar-refractivity contribution in [2.45, 2.75) is 43.0 Å². The number of thioether (sulfide) groups is 1. The highest BCUT2D eigenvalue weighted by molar-refractivity contribution is 8.00.